The van der Waals surface area contributed by atoms with Gasteiger partial charge in [0.15, 0.2) is 0 Å². The molecule has 0 spiro atoms. The van der Waals surface area contributed by atoms with Gasteiger partial charge in [-0.3, -0.25) is 0 Å². The van der Waals surface area contributed by atoms with Crippen molar-refractivity contribution in [1.82, 2.24) is 0 Å². The fourth-order valence-corrected chi connectivity index (χ4v) is 2.99. The van der Waals surface area contributed by atoms with Crippen LogP contribution in [-0.2, 0) is 0 Å². The quantitative estimate of drug-likeness (QED) is 0.493. The Labute approximate surface area is 129 Å². The first-order valence-electron chi connectivity index (χ1n) is 6.45. The average molecular weight is 308 g/mol. The summed E-state index contributed by atoms with van der Waals surface area (Å²) in [5.74, 6) is 1.75. The van der Waals surface area contributed by atoms with Gasteiger partial charge in [0.1, 0.15) is 5.75 Å². The van der Waals surface area contributed by atoms with Gasteiger partial charge in [0.05, 0.1) is 11.6 Å². The zero-order valence-corrected chi connectivity index (χ0v) is 13.2. The van der Waals surface area contributed by atoms with E-state index in [0.29, 0.717) is 17.3 Å². The largest absolute Gasteiger partial charge is 0.492 e. The van der Waals surface area contributed by atoms with Crippen LogP contribution in [0.15, 0.2) is 41.3 Å². The number of benzene rings is 2. The molecule has 2 N–H and O–H groups in total. The number of nitrogen functional groups attached to an aromatic ring is 1. The van der Waals surface area contributed by atoms with Crippen molar-refractivity contribution in [2.45, 2.75) is 18.7 Å². The van der Waals surface area contributed by atoms with Crippen LogP contribution in [-0.4, -0.2) is 12.4 Å². The third-order valence-corrected chi connectivity index (χ3v) is 4.47. The van der Waals surface area contributed by atoms with E-state index < -0.39 is 0 Å². The minimum Gasteiger partial charge on any atom is -0.492 e. The Bertz CT molecular complexity index is 581. The highest BCUT2D eigenvalue weighted by molar-refractivity contribution is 7.99. The lowest BCUT2D eigenvalue weighted by Crippen LogP contribution is -2.02. The number of anilines is 1. The maximum Gasteiger partial charge on any atom is 0.122 e. The van der Waals surface area contributed by atoms with Crippen molar-refractivity contribution in [3.63, 3.8) is 0 Å². The molecule has 0 atom stereocenters. The number of ether oxygens (including phenoxy) is 1. The van der Waals surface area contributed by atoms with Crippen molar-refractivity contribution < 1.29 is 4.74 Å². The van der Waals surface area contributed by atoms with Crippen LogP contribution >= 0.6 is 23.4 Å². The summed E-state index contributed by atoms with van der Waals surface area (Å²) in [6.07, 6.45) is 0. The molecule has 2 aromatic rings. The lowest BCUT2D eigenvalue weighted by atomic mass is 10.1. The summed E-state index contributed by atoms with van der Waals surface area (Å²) in [7, 11) is 0. The minimum atomic E-state index is 0.625. The molecule has 0 aliphatic heterocycles. The van der Waals surface area contributed by atoms with Gasteiger partial charge in [-0.2, -0.15) is 0 Å². The van der Waals surface area contributed by atoms with E-state index in [2.05, 4.69) is 25.1 Å². The maximum atomic E-state index is 6.13. The van der Waals surface area contributed by atoms with Gasteiger partial charge in [0.2, 0.25) is 0 Å². The zero-order valence-electron chi connectivity index (χ0n) is 11.7. The van der Waals surface area contributed by atoms with Crippen LogP contribution in [0.2, 0.25) is 5.02 Å². The van der Waals surface area contributed by atoms with Crippen molar-refractivity contribution >= 4 is 29.1 Å². The zero-order chi connectivity index (χ0) is 14.5. The molecule has 0 bridgehead atoms. The van der Waals surface area contributed by atoms with E-state index in [1.807, 2.05) is 25.1 Å². The van der Waals surface area contributed by atoms with Gasteiger partial charge >= 0.3 is 0 Å². The number of hydrogen-bond donors (Lipinski definition) is 1. The summed E-state index contributed by atoms with van der Waals surface area (Å²) in [6.45, 7) is 4.74. The van der Waals surface area contributed by atoms with Gasteiger partial charge in [-0.1, -0.05) is 29.8 Å². The molecule has 0 saturated heterocycles. The highest BCUT2D eigenvalue weighted by atomic mass is 35.5. The molecule has 0 amide bonds. The molecule has 0 radical (unpaired) electrons. The second-order valence-corrected chi connectivity index (χ2v) is 6.14. The predicted molar refractivity (Wildman–Crippen MR) is 88.0 cm³/mol. The highest BCUT2D eigenvalue weighted by Crippen LogP contribution is 2.32. The van der Waals surface area contributed by atoms with Gasteiger partial charge in [-0.05, 0) is 43.2 Å². The van der Waals surface area contributed by atoms with E-state index in [1.54, 1.807) is 11.8 Å². The Kier molecular flexibility index (Phi) is 5.21. The molecule has 20 heavy (non-hydrogen) atoms. The Hall–Kier alpha value is -1.32. The highest BCUT2D eigenvalue weighted by Gasteiger charge is 2.05. The molecule has 0 saturated carbocycles. The number of thioether (sulfide) groups is 1. The van der Waals surface area contributed by atoms with Crippen LogP contribution in [0.1, 0.15) is 11.1 Å². The molecule has 0 heterocycles. The first kappa shape index (κ1) is 15.1. The molecule has 0 aliphatic carbocycles. The van der Waals surface area contributed by atoms with Crippen molar-refractivity contribution in [3.8, 4) is 5.75 Å². The van der Waals surface area contributed by atoms with Gasteiger partial charge in [-0.15, -0.1) is 11.8 Å². The van der Waals surface area contributed by atoms with Gasteiger partial charge in [0, 0.05) is 16.3 Å². The molecule has 2 rings (SSSR count). The molecule has 2 nitrogen and oxygen atoms in total. The summed E-state index contributed by atoms with van der Waals surface area (Å²) in [5.41, 5.74) is 8.98. The molecule has 4 heteroatoms. The molecule has 2 aromatic carbocycles. The average Bonchev–Trinajstić information content (AvgIpc) is 2.41. The Balaban J connectivity index is 1.89. The number of aryl methyl sites for hydroxylation is 2. The molecular weight excluding hydrogens is 290 g/mol. The molecule has 0 unspecified atom stereocenters. The summed E-state index contributed by atoms with van der Waals surface area (Å²) in [4.78, 5) is 0.929. The lowest BCUT2D eigenvalue weighted by Gasteiger charge is -2.11. The standard InChI is InChI=1S/C16H18ClNOS/c1-11-6-7-12(2)15(10-11)19-8-9-20-16-13(17)4-3-5-14(16)18/h3-7,10H,8-9,18H2,1-2H3. The molecular formula is C16H18ClNOS. The maximum absolute atomic E-state index is 6.13. The Morgan fingerprint density at radius 1 is 1.20 bits per heavy atom. The second-order valence-electron chi connectivity index (χ2n) is 4.62. The molecule has 106 valence electrons. The van der Waals surface area contributed by atoms with Crippen LogP contribution in [0.3, 0.4) is 0 Å². The molecule has 0 aliphatic rings. The first-order chi connectivity index (χ1) is 9.58. The van der Waals surface area contributed by atoms with E-state index in [9.17, 15) is 0 Å². The molecule has 0 aromatic heterocycles. The van der Waals surface area contributed by atoms with Gasteiger partial charge in [-0.25, -0.2) is 0 Å². The van der Waals surface area contributed by atoms with Crippen molar-refractivity contribution in [3.05, 3.63) is 52.5 Å². The summed E-state index contributed by atoms with van der Waals surface area (Å²) >= 11 is 7.75. The van der Waals surface area contributed by atoms with Gasteiger partial charge in [0.25, 0.3) is 0 Å². The van der Waals surface area contributed by atoms with Crippen LogP contribution in [0, 0.1) is 13.8 Å². The fourth-order valence-electron chi connectivity index (χ4n) is 1.84. The summed E-state index contributed by atoms with van der Waals surface area (Å²) < 4.78 is 5.81. The Morgan fingerprint density at radius 3 is 2.75 bits per heavy atom. The lowest BCUT2D eigenvalue weighted by molar-refractivity contribution is 0.341. The van der Waals surface area contributed by atoms with E-state index >= 15 is 0 Å². The van der Waals surface area contributed by atoms with E-state index in [1.165, 1.54) is 5.56 Å². The normalized spacial score (nSPS) is 10.6. The van der Waals surface area contributed by atoms with E-state index in [4.69, 9.17) is 22.1 Å². The summed E-state index contributed by atoms with van der Waals surface area (Å²) in [5, 5.41) is 0.696. The third kappa shape index (κ3) is 3.84. The predicted octanol–water partition coefficient (Wildman–Crippen LogP) is 4.71. The van der Waals surface area contributed by atoms with Crippen molar-refractivity contribution in [2.75, 3.05) is 18.1 Å². The van der Waals surface area contributed by atoms with Crippen LogP contribution in [0.25, 0.3) is 0 Å². The number of hydrogen-bond acceptors (Lipinski definition) is 3. The number of rotatable bonds is 5. The van der Waals surface area contributed by atoms with E-state index in [-0.39, 0.29) is 0 Å². The second kappa shape index (κ2) is 6.91. The van der Waals surface area contributed by atoms with Crippen LogP contribution < -0.4 is 10.5 Å². The van der Waals surface area contributed by atoms with Gasteiger partial charge < -0.3 is 10.5 Å². The van der Waals surface area contributed by atoms with Crippen molar-refractivity contribution in [2.24, 2.45) is 0 Å². The third-order valence-electron chi connectivity index (χ3n) is 2.93. The Morgan fingerprint density at radius 2 is 2.00 bits per heavy atom. The number of halogens is 1. The van der Waals surface area contributed by atoms with E-state index in [0.717, 1.165) is 22.0 Å². The molecule has 0 fully saturated rings. The smallest absolute Gasteiger partial charge is 0.122 e. The fraction of sp³-hybridized carbons (Fsp3) is 0.250. The summed E-state index contributed by atoms with van der Waals surface area (Å²) in [6, 6.07) is 11.8. The van der Waals surface area contributed by atoms with Crippen molar-refractivity contribution in [1.29, 1.82) is 0 Å². The monoisotopic (exact) mass is 307 g/mol. The van der Waals surface area contributed by atoms with Crippen LogP contribution in [0.4, 0.5) is 5.69 Å². The SMILES string of the molecule is Cc1ccc(C)c(OCCSc2c(N)cccc2Cl)c1. The minimum absolute atomic E-state index is 0.625. The first-order valence-corrected chi connectivity index (χ1v) is 7.81. The number of nitrogens with two attached hydrogens (primary N) is 1. The van der Waals surface area contributed by atoms with Crippen LogP contribution in [0.5, 0.6) is 5.75 Å². The topological polar surface area (TPSA) is 35.2 Å².